The second-order valence-electron chi connectivity index (χ2n) is 7.03. The van der Waals surface area contributed by atoms with Crippen LogP contribution in [0.3, 0.4) is 0 Å². The zero-order chi connectivity index (χ0) is 20.1. The van der Waals surface area contributed by atoms with E-state index in [0.29, 0.717) is 19.6 Å². The number of nitrogens with zero attached hydrogens (tertiary/aromatic N) is 2. The molecular formula is C24H26N4O. The number of para-hydroxylation sites is 1. The maximum absolute atomic E-state index is 5.64. The Morgan fingerprint density at radius 1 is 0.966 bits per heavy atom. The van der Waals surface area contributed by atoms with Crippen LogP contribution in [0, 0.1) is 0 Å². The number of aromatic nitrogens is 2. The summed E-state index contributed by atoms with van der Waals surface area (Å²) in [6.07, 6.45) is 0. The lowest BCUT2D eigenvalue weighted by Gasteiger charge is -2.09. The number of fused-ring (bicyclic) bond motifs is 1. The fraction of sp³-hybridized carbons (Fsp3) is 0.208. The summed E-state index contributed by atoms with van der Waals surface area (Å²) >= 11 is 0. The number of hydrogen-bond acceptors (Lipinski definition) is 4. The first-order valence-electron chi connectivity index (χ1n) is 9.87. The molecule has 0 unspecified atom stereocenters. The van der Waals surface area contributed by atoms with Gasteiger partial charge in [-0.2, -0.15) is 5.10 Å². The van der Waals surface area contributed by atoms with Gasteiger partial charge in [0.2, 0.25) is 0 Å². The minimum Gasteiger partial charge on any atom is -0.496 e. The molecule has 4 rings (SSSR count). The summed E-state index contributed by atoms with van der Waals surface area (Å²) in [5.41, 5.74) is 9.88. The van der Waals surface area contributed by atoms with Crippen molar-refractivity contribution in [1.82, 2.24) is 15.1 Å². The van der Waals surface area contributed by atoms with E-state index in [1.54, 1.807) is 7.11 Å². The summed E-state index contributed by atoms with van der Waals surface area (Å²) in [6.45, 7) is 2.80. The molecule has 0 saturated carbocycles. The van der Waals surface area contributed by atoms with Gasteiger partial charge in [0, 0.05) is 25.2 Å². The number of nitrogens with one attached hydrogen (secondary N) is 1. The molecule has 3 N–H and O–H groups in total. The van der Waals surface area contributed by atoms with Gasteiger partial charge < -0.3 is 15.8 Å². The van der Waals surface area contributed by atoms with Crippen LogP contribution in [-0.2, 0) is 13.1 Å². The van der Waals surface area contributed by atoms with Gasteiger partial charge in [-0.1, -0.05) is 48.5 Å². The van der Waals surface area contributed by atoms with Crippen LogP contribution >= 0.6 is 0 Å². The average Bonchev–Trinajstić information content (AvgIpc) is 3.16. The number of benzene rings is 3. The van der Waals surface area contributed by atoms with Gasteiger partial charge in [0.15, 0.2) is 0 Å². The van der Waals surface area contributed by atoms with Crippen LogP contribution in [0.5, 0.6) is 5.75 Å². The molecular weight excluding hydrogens is 360 g/mol. The Morgan fingerprint density at radius 3 is 2.59 bits per heavy atom. The lowest BCUT2D eigenvalue weighted by atomic mass is 10.1. The number of ether oxygens (including phenoxy) is 1. The highest BCUT2D eigenvalue weighted by molar-refractivity contribution is 5.83. The fourth-order valence-corrected chi connectivity index (χ4v) is 3.55. The van der Waals surface area contributed by atoms with Crippen molar-refractivity contribution in [3.05, 3.63) is 84.1 Å². The van der Waals surface area contributed by atoms with Crippen molar-refractivity contribution in [3.8, 4) is 17.0 Å². The molecule has 5 heteroatoms. The van der Waals surface area contributed by atoms with Crippen LogP contribution in [0.1, 0.15) is 11.3 Å². The fourth-order valence-electron chi connectivity index (χ4n) is 3.55. The van der Waals surface area contributed by atoms with Crippen molar-refractivity contribution < 1.29 is 4.74 Å². The van der Waals surface area contributed by atoms with Gasteiger partial charge in [0.1, 0.15) is 5.75 Å². The Kier molecular flexibility index (Phi) is 5.89. The van der Waals surface area contributed by atoms with Gasteiger partial charge in [-0.05, 0) is 40.6 Å². The number of nitrogens with two attached hydrogens (primary N) is 1. The lowest BCUT2D eigenvalue weighted by molar-refractivity contribution is 0.416. The van der Waals surface area contributed by atoms with Crippen LogP contribution in [0.15, 0.2) is 72.8 Å². The van der Waals surface area contributed by atoms with E-state index >= 15 is 0 Å². The van der Waals surface area contributed by atoms with Crippen molar-refractivity contribution >= 4 is 10.8 Å². The highest BCUT2D eigenvalue weighted by atomic mass is 16.5. The predicted molar refractivity (Wildman–Crippen MR) is 118 cm³/mol. The topological polar surface area (TPSA) is 65.1 Å². The lowest BCUT2D eigenvalue weighted by Crippen LogP contribution is -2.23. The van der Waals surface area contributed by atoms with Crippen molar-refractivity contribution in [2.75, 3.05) is 20.2 Å². The van der Waals surface area contributed by atoms with Crippen molar-refractivity contribution in [3.63, 3.8) is 0 Å². The van der Waals surface area contributed by atoms with Crippen molar-refractivity contribution in [2.24, 2.45) is 5.73 Å². The molecule has 0 amide bonds. The molecule has 5 nitrogen and oxygen atoms in total. The standard InChI is InChI=1S/C24H26N4O/c1-29-24-9-5-4-8-22(24)23-15-21(16-26-13-12-25)28(27-23)17-18-10-11-19-6-2-3-7-20(19)14-18/h2-11,14-15,26H,12-13,16-17,25H2,1H3. The maximum Gasteiger partial charge on any atom is 0.128 e. The number of methoxy groups -OCH3 is 1. The van der Waals surface area contributed by atoms with Crippen molar-refractivity contribution in [1.29, 1.82) is 0 Å². The first kappa shape index (κ1) is 19.2. The van der Waals surface area contributed by atoms with E-state index in [-0.39, 0.29) is 0 Å². The maximum atomic E-state index is 5.64. The Labute approximate surface area is 171 Å². The third kappa shape index (κ3) is 4.31. The Bertz CT molecular complexity index is 1100. The molecule has 0 atom stereocenters. The normalized spacial score (nSPS) is 11.1. The molecule has 0 fully saturated rings. The molecule has 1 heterocycles. The number of hydrogen-bond donors (Lipinski definition) is 2. The summed E-state index contributed by atoms with van der Waals surface area (Å²) in [5, 5.41) is 10.8. The predicted octanol–water partition coefficient (Wildman–Crippen LogP) is 3.81. The summed E-state index contributed by atoms with van der Waals surface area (Å²) < 4.78 is 7.60. The van der Waals surface area contributed by atoms with Crippen LogP contribution < -0.4 is 15.8 Å². The summed E-state index contributed by atoms with van der Waals surface area (Å²) in [7, 11) is 1.69. The monoisotopic (exact) mass is 386 g/mol. The molecule has 3 aromatic carbocycles. The SMILES string of the molecule is COc1ccccc1-c1cc(CNCCN)n(Cc2ccc3ccccc3c2)n1. The van der Waals surface area contributed by atoms with Crippen molar-refractivity contribution in [2.45, 2.75) is 13.1 Å². The average molecular weight is 386 g/mol. The van der Waals surface area contributed by atoms with Gasteiger partial charge in [0.05, 0.1) is 25.0 Å². The van der Waals surface area contributed by atoms with E-state index in [1.165, 1.54) is 16.3 Å². The second kappa shape index (κ2) is 8.90. The van der Waals surface area contributed by atoms with E-state index < -0.39 is 0 Å². The van der Waals surface area contributed by atoms with E-state index in [9.17, 15) is 0 Å². The Balaban J connectivity index is 1.68. The van der Waals surface area contributed by atoms with E-state index in [4.69, 9.17) is 15.6 Å². The molecule has 4 aromatic rings. The van der Waals surface area contributed by atoms with E-state index in [2.05, 4.69) is 58.5 Å². The molecule has 1 aromatic heterocycles. The Hall–Kier alpha value is -3.15. The van der Waals surface area contributed by atoms with Crippen LogP contribution in [-0.4, -0.2) is 30.0 Å². The summed E-state index contributed by atoms with van der Waals surface area (Å²) in [4.78, 5) is 0. The zero-order valence-electron chi connectivity index (χ0n) is 16.6. The Morgan fingerprint density at radius 2 is 1.76 bits per heavy atom. The zero-order valence-corrected chi connectivity index (χ0v) is 16.6. The molecule has 29 heavy (non-hydrogen) atoms. The molecule has 0 saturated heterocycles. The highest BCUT2D eigenvalue weighted by Gasteiger charge is 2.13. The third-order valence-corrected chi connectivity index (χ3v) is 5.02. The van der Waals surface area contributed by atoms with Gasteiger partial charge in [-0.3, -0.25) is 4.68 Å². The third-order valence-electron chi connectivity index (χ3n) is 5.02. The molecule has 0 radical (unpaired) electrons. The van der Waals surface area contributed by atoms with Gasteiger partial charge >= 0.3 is 0 Å². The van der Waals surface area contributed by atoms with Gasteiger partial charge in [-0.25, -0.2) is 0 Å². The minimum absolute atomic E-state index is 0.609. The van der Waals surface area contributed by atoms with Crippen LogP contribution in [0.4, 0.5) is 0 Å². The smallest absolute Gasteiger partial charge is 0.128 e. The molecule has 148 valence electrons. The summed E-state index contributed by atoms with van der Waals surface area (Å²) in [5.74, 6) is 0.823. The van der Waals surface area contributed by atoms with Gasteiger partial charge in [0.25, 0.3) is 0 Å². The van der Waals surface area contributed by atoms with Gasteiger partial charge in [-0.15, -0.1) is 0 Å². The molecule has 0 bridgehead atoms. The first-order chi connectivity index (χ1) is 14.3. The summed E-state index contributed by atoms with van der Waals surface area (Å²) in [6, 6.07) is 25.1. The molecule has 0 aliphatic rings. The quantitative estimate of drug-likeness (QED) is 0.452. The van der Waals surface area contributed by atoms with E-state index in [1.807, 2.05) is 24.3 Å². The minimum atomic E-state index is 0.609. The largest absolute Gasteiger partial charge is 0.496 e. The van der Waals surface area contributed by atoms with Crippen LogP contribution in [0.25, 0.3) is 22.0 Å². The molecule has 0 aliphatic heterocycles. The van der Waals surface area contributed by atoms with E-state index in [0.717, 1.165) is 29.2 Å². The first-order valence-corrected chi connectivity index (χ1v) is 9.87. The highest BCUT2D eigenvalue weighted by Crippen LogP contribution is 2.29. The molecule has 0 aliphatic carbocycles. The second-order valence-corrected chi connectivity index (χ2v) is 7.03. The van der Waals surface area contributed by atoms with Crippen LogP contribution in [0.2, 0.25) is 0 Å². The molecule has 0 spiro atoms. The number of rotatable bonds is 8.